The molecule has 2 atom stereocenters. The Kier molecular flexibility index (Phi) is 3.38. The molecule has 1 N–H and O–H groups in total. The minimum Gasteiger partial charge on any atom is -0.385 e. The molecule has 1 aromatic carbocycles. The van der Waals surface area contributed by atoms with E-state index in [1.54, 1.807) is 12.1 Å². The Hall–Kier alpha value is -0.540. The Labute approximate surface area is 118 Å². The summed E-state index contributed by atoms with van der Waals surface area (Å²) in [5.41, 5.74) is 2.02. The van der Waals surface area contributed by atoms with Crippen molar-refractivity contribution in [3.05, 3.63) is 34.6 Å². The standard InChI is InChI=1S/C16H21FOS/c1-10-6-12(17)7-11(2)15(10)16(18)8-13-4-3-5-14(9-16)19-13/h6-7,13-14,18H,3-5,8-9H2,1-2H3. The third-order valence-electron chi connectivity index (χ3n) is 4.53. The third kappa shape index (κ3) is 2.43. The lowest BCUT2D eigenvalue weighted by molar-refractivity contribution is 0.00694. The first-order valence-corrected chi connectivity index (χ1v) is 8.07. The van der Waals surface area contributed by atoms with E-state index in [2.05, 4.69) is 11.8 Å². The summed E-state index contributed by atoms with van der Waals surface area (Å²) in [5.74, 6) is -0.201. The number of halogens is 1. The van der Waals surface area contributed by atoms with Gasteiger partial charge < -0.3 is 5.11 Å². The van der Waals surface area contributed by atoms with Crippen molar-refractivity contribution in [1.29, 1.82) is 0 Å². The largest absolute Gasteiger partial charge is 0.385 e. The van der Waals surface area contributed by atoms with Gasteiger partial charge in [-0.2, -0.15) is 11.8 Å². The van der Waals surface area contributed by atoms with Gasteiger partial charge in [-0.15, -0.1) is 0 Å². The van der Waals surface area contributed by atoms with Crippen LogP contribution >= 0.6 is 11.8 Å². The molecule has 1 nitrogen and oxygen atoms in total. The highest BCUT2D eigenvalue weighted by molar-refractivity contribution is 8.00. The van der Waals surface area contributed by atoms with Crippen LogP contribution in [0.5, 0.6) is 0 Å². The maximum atomic E-state index is 13.4. The van der Waals surface area contributed by atoms with Crippen LogP contribution < -0.4 is 0 Å². The second-order valence-corrected chi connectivity index (χ2v) is 7.77. The normalized spacial score (nSPS) is 34.3. The Morgan fingerprint density at radius 3 is 2.21 bits per heavy atom. The topological polar surface area (TPSA) is 20.2 Å². The zero-order valence-electron chi connectivity index (χ0n) is 11.6. The first-order valence-electron chi connectivity index (χ1n) is 7.13. The van der Waals surface area contributed by atoms with Gasteiger partial charge in [-0.3, -0.25) is 0 Å². The van der Waals surface area contributed by atoms with Crippen LogP contribution in [0.25, 0.3) is 0 Å². The van der Waals surface area contributed by atoms with Gasteiger partial charge in [-0.1, -0.05) is 6.42 Å². The highest BCUT2D eigenvalue weighted by Crippen LogP contribution is 2.50. The summed E-state index contributed by atoms with van der Waals surface area (Å²) in [6, 6.07) is 3.11. The Morgan fingerprint density at radius 1 is 1.16 bits per heavy atom. The highest BCUT2D eigenvalue weighted by Gasteiger charge is 2.43. The van der Waals surface area contributed by atoms with E-state index in [0.29, 0.717) is 10.5 Å². The fourth-order valence-corrected chi connectivity index (χ4v) is 5.86. The summed E-state index contributed by atoms with van der Waals surface area (Å²) >= 11 is 2.05. The number of fused-ring (bicyclic) bond motifs is 2. The molecule has 3 heteroatoms. The zero-order valence-corrected chi connectivity index (χ0v) is 12.4. The molecule has 19 heavy (non-hydrogen) atoms. The molecule has 2 fully saturated rings. The minimum atomic E-state index is -0.747. The van der Waals surface area contributed by atoms with E-state index < -0.39 is 5.60 Å². The number of benzene rings is 1. The Balaban J connectivity index is 2.01. The summed E-state index contributed by atoms with van der Waals surface area (Å²) in [4.78, 5) is 0. The van der Waals surface area contributed by atoms with E-state index in [1.165, 1.54) is 19.3 Å². The van der Waals surface area contributed by atoms with Gasteiger partial charge in [0.1, 0.15) is 5.82 Å². The van der Waals surface area contributed by atoms with Gasteiger partial charge >= 0.3 is 0 Å². The molecular formula is C16H21FOS. The third-order valence-corrected chi connectivity index (χ3v) is 6.11. The number of aryl methyl sites for hydroxylation is 2. The van der Waals surface area contributed by atoms with E-state index >= 15 is 0 Å². The van der Waals surface area contributed by atoms with Gasteiger partial charge in [-0.05, 0) is 68.4 Å². The maximum absolute atomic E-state index is 13.4. The number of aliphatic hydroxyl groups is 1. The minimum absolute atomic E-state index is 0.201. The average molecular weight is 280 g/mol. The van der Waals surface area contributed by atoms with Crippen molar-refractivity contribution in [2.24, 2.45) is 0 Å². The van der Waals surface area contributed by atoms with E-state index in [0.717, 1.165) is 29.5 Å². The predicted molar refractivity (Wildman–Crippen MR) is 78.0 cm³/mol. The van der Waals surface area contributed by atoms with E-state index in [-0.39, 0.29) is 5.82 Å². The smallest absolute Gasteiger partial charge is 0.123 e. The second-order valence-electron chi connectivity index (χ2n) is 6.17. The molecule has 104 valence electrons. The van der Waals surface area contributed by atoms with Crippen molar-refractivity contribution < 1.29 is 9.50 Å². The van der Waals surface area contributed by atoms with Gasteiger partial charge in [0.05, 0.1) is 5.60 Å². The molecule has 2 unspecified atom stereocenters. The zero-order chi connectivity index (χ0) is 13.6. The fourth-order valence-electron chi connectivity index (χ4n) is 3.97. The van der Waals surface area contributed by atoms with Gasteiger partial charge in [0.25, 0.3) is 0 Å². The molecule has 0 spiro atoms. The summed E-state index contributed by atoms with van der Waals surface area (Å²) in [6.07, 6.45) is 5.36. The van der Waals surface area contributed by atoms with Crippen LogP contribution in [0.4, 0.5) is 4.39 Å². The van der Waals surface area contributed by atoms with Crippen LogP contribution in [0.1, 0.15) is 48.8 Å². The van der Waals surface area contributed by atoms with Gasteiger partial charge in [-0.25, -0.2) is 4.39 Å². The van der Waals surface area contributed by atoms with Crippen LogP contribution in [0.3, 0.4) is 0 Å². The molecule has 2 aliphatic heterocycles. The van der Waals surface area contributed by atoms with Crippen LogP contribution in [-0.4, -0.2) is 15.6 Å². The van der Waals surface area contributed by atoms with Crippen LogP contribution in [0.2, 0.25) is 0 Å². The van der Waals surface area contributed by atoms with Crippen molar-refractivity contribution in [3.8, 4) is 0 Å². The quantitative estimate of drug-likeness (QED) is 0.836. The molecule has 2 heterocycles. The Morgan fingerprint density at radius 2 is 1.68 bits per heavy atom. The number of thioether (sulfide) groups is 1. The SMILES string of the molecule is Cc1cc(F)cc(C)c1C1(O)CC2CCCC(C1)S2. The van der Waals surface area contributed by atoms with E-state index in [9.17, 15) is 9.50 Å². The van der Waals surface area contributed by atoms with Crippen molar-refractivity contribution in [1.82, 2.24) is 0 Å². The number of hydrogen-bond donors (Lipinski definition) is 1. The van der Waals surface area contributed by atoms with E-state index in [1.807, 2.05) is 13.8 Å². The molecule has 0 amide bonds. The molecule has 1 aromatic rings. The van der Waals surface area contributed by atoms with Gasteiger partial charge in [0.2, 0.25) is 0 Å². The summed E-state index contributed by atoms with van der Waals surface area (Å²) < 4.78 is 13.4. The molecule has 2 bridgehead atoms. The maximum Gasteiger partial charge on any atom is 0.123 e. The summed E-state index contributed by atoms with van der Waals surface area (Å²) in [7, 11) is 0. The molecule has 2 saturated heterocycles. The van der Waals surface area contributed by atoms with Crippen molar-refractivity contribution >= 4 is 11.8 Å². The van der Waals surface area contributed by atoms with Gasteiger partial charge in [0, 0.05) is 10.5 Å². The second kappa shape index (κ2) is 4.78. The lowest BCUT2D eigenvalue weighted by Crippen LogP contribution is -2.41. The van der Waals surface area contributed by atoms with Gasteiger partial charge in [0.15, 0.2) is 0 Å². The van der Waals surface area contributed by atoms with Crippen molar-refractivity contribution in [2.75, 3.05) is 0 Å². The molecule has 0 aliphatic carbocycles. The first-order chi connectivity index (χ1) is 8.98. The summed E-state index contributed by atoms with van der Waals surface area (Å²) in [6.45, 7) is 3.84. The fraction of sp³-hybridized carbons (Fsp3) is 0.625. The van der Waals surface area contributed by atoms with Crippen LogP contribution in [0.15, 0.2) is 12.1 Å². The van der Waals surface area contributed by atoms with Crippen LogP contribution in [-0.2, 0) is 5.60 Å². The predicted octanol–water partition coefficient (Wildman–Crippen LogP) is 4.08. The lowest BCUT2D eigenvalue weighted by atomic mass is 9.77. The monoisotopic (exact) mass is 280 g/mol. The highest BCUT2D eigenvalue weighted by atomic mass is 32.2. The molecule has 3 rings (SSSR count). The molecule has 0 saturated carbocycles. The molecular weight excluding hydrogens is 259 g/mol. The molecule has 0 radical (unpaired) electrons. The van der Waals surface area contributed by atoms with Crippen molar-refractivity contribution in [2.45, 2.75) is 62.1 Å². The first kappa shape index (κ1) is 13.4. The van der Waals surface area contributed by atoms with Crippen LogP contribution in [0, 0.1) is 19.7 Å². The number of hydrogen-bond acceptors (Lipinski definition) is 2. The lowest BCUT2D eigenvalue weighted by Gasteiger charge is -2.45. The number of rotatable bonds is 1. The summed E-state index contributed by atoms with van der Waals surface area (Å²) in [5, 5.41) is 12.3. The molecule has 2 aliphatic rings. The average Bonchev–Trinajstić information content (AvgIpc) is 2.25. The molecule has 0 aromatic heterocycles. The van der Waals surface area contributed by atoms with E-state index in [4.69, 9.17) is 0 Å². The van der Waals surface area contributed by atoms with Crippen molar-refractivity contribution in [3.63, 3.8) is 0 Å². The Bertz CT molecular complexity index is 465.